The zero-order chi connectivity index (χ0) is 12.4. The SMILES string of the molecule is O=C1Oc2ccccc2N/C1=C\c1ccccc1. The molecule has 88 valence electrons. The Morgan fingerprint density at radius 2 is 1.67 bits per heavy atom. The Labute approximate surface area is 105 Å². The summed E-state index contributed by atoms with van der Waals surface area (Å²) in [4.78, 5) is 11.8. The third-order valence-electron chi connectivity index (χ3n) is 2.69. The normalized spacial score (nSPS) is 15.8. The number of hydrogen-bond donors (Lipinski definition) is 1. The number of carbonyl (C=O) groups excluding carboxylic acids is 1. The second-order valence-corrected chi connectivity index (χ2v) is 3.98. The Bertz CT molecular complexity index is 617. The molecular weight excluding hydrogens is 226 g/mol. The zero-order valence-electron chi connectivity index (χ0n) is 9.59. The van der Waals surface area contributed by atoms with Crippen LogP contribution in [0.15, 0.2) is 60.3 Å². The van der Waals surface area contributed by atoms with Crippen LogP contribution in [0, 0.1) is 0 Å². The molecule has 0 spiro atoms. The van der Waals surface area contributed by atoms with Crippen LogP contribution in [-0.2, 0) is 4.79 Å². The molecule has 2 aromatic rings. The van der Waals surface area contributed by atoms with Crippen molar-refractivity contribution in [2.75, 3.05) is 5.32 Å². The summed E-state index contributed by atoms with van der Waals surface area (Å²) >= 11 is 0. The second kappa shape index (κ2) is 4.37. The molecule has 0 saturated heterocycles. The molecule has 0 fully saturated rings. The molecule has 3 rings (SSSR count). The zero-order valence-corrected chi connectivity index (χ0v) is 9.59. The molecule has 3 nitrogen and oxygen atoms in total. The Kier molecular flexibility index (Phi) is 2.57. The second-order valence-electron chi connectivity index (χ2n) is 3.98. The van der Waals surface area contributed by atoms with Gasteiger partial charge in [-0.3, -0.25) is 0 Å². The molecule has 2 aromatic carbocycles. The summed E-state index contributed by atoms with van der Waals surface area (Å²) < 4.78 is 5.25. The van der Waals surface area contributed by atoms with E-state index in [4.69, 9.17) is 4.74 Å². The van der Waals surface area contributed by atoms with Gasteiger partial charge in [-0.2, -0.15) is 0 Å². The summed E-state index contributed by atoms with van der Waals surface area (Å²) in [7, 11) is 0. The number of esters is 1. The number of rotatable bonds is 1. The van der Waals surface area contributed by atoms with Crippen LogP contribution in [0.25, 0.3) is 6.08 Å². The number of hydrogen-bond acceptors (Lipinski definition) is 3. The van der Waals surface area contributed by atoms with E-state index in [9.17, 15) is 4.79 Å². The van der Waals surface area contributed by atoms with Crippen LogP contribution in [0.3, 0.4) is 0 Å². The first-order valence-corrected chi connectivity index (χ1v) is 5.68. The van der Waals surface area contributed by atoms with E-state index in [1.807, 2.05) is 48.5 Å². The molecule has 1 N–H and O–H groups in total. The van der Waals surface area contributed by atoms with E-state index < -0.39 is 0 Å². The molecule has 1 aliphatic rings. The largest absolute Gasteiger partial charge is 0.420 e. The summed E-state index contributed by atoms with van der Waals surface area (Å²) in [5.41, 5.74) is 2.20. The van der Waals surface area contributed by atoms with E-state index in [-0.39, 0.29) is 5.97 Å². The molecule has 0 radical (unpaired) electrons. The molecule has 0 amide bonds. The lowest BCUT2D eigenvalue weighted by Gasteiger charge is -2.19. The molecule has 3 heteroatoms. The van der Waals surface area contributed by atoms with E-state index in [1.54, 1.807) is 12.1 Å². The van der Waals surface area contributed by atoms with Crippen molar-refractivity contribution in [1.82, 2.24) is 0 Å². The van der Waals surface area contributed by atoms with Gasteiger partial charge in [0.05, 0.1) is 5.69 Å². The van der Waals surface area contributed by atoms with Crippen LogP contribution < -0.4 is 10.1 Å². The first kappa shape index (κ1) is 10.6. The van der Waals surface area contributed by atoms with Gasteiger partial charge in [0.2, 0.25) is 0 Å². The van der Waals surface area contributed by atoms with Gasteiger partial charge in [-0.15, -0.1) is 0 Å². The van der Waals surface area contributed by atoms with Crippen molar-refractivity contribution in [3.05, 3.63) is 65.9 Å². The molecule has 0 bridgehead atoms. The molecule has 0 unspecified atom stereocenters. The minimum absolute atomic E-state index is 0.363. The molecule has 18 heavy (non-hydrogen) atoms. The topological polar surface area (TPSA) is 38.3 Å². The third-order valence-corrected chi connectivity index (χ3v) is 2.69. The quantitative estimate of drug-likeness (QED) is 0.470. The van der Waals surface area contributed by atoms with Crippen molar-refractivity contribution in [3.8, 4) is 5.75 Å². The van der Waals surface area contributed by atoms with E-state index in [2.05, 4.69) is 5.32 Å². The van der Waals surface area contributed by atoms with Gasteiger partial charge in [0.1, 0.15) is 5.70 Å². The van der Waals surface area contributed by atoms with Gasteiger partial charge in [-0.1, -0.05) is 42.5 Å². The highest BCUT2D eigenvalue weighted by atomic mass is 16.5. The van der Waals surface area contributed by atoms with Gasteiger partial charge in [-0.05, 0) is 23.8 Å². The van der Waals surface area contributed by atoms with E-state index in [0.717, 1.165) is 11.3 Å². The van der Waals surface area contributed by atoms with Crippen LogP contribution in [0.5, 0.6) is 5.75 Å². The van der Waals surface area contributed by atoms with Crippen molar-refractivity contribution in [2.45, 2.75) is 0 Å². The Balaban J connectivity index is 1.96. The first-order valence-electron chi connectivity index (χ1n) is 5.68. The van der Waals surface area contributed by atoms with Crippen molar-refractivity contribution >= 4 is 17.7 Å². The van der Waals surface area contributed by atoms with Crippen LogP contribution in [-0.4, -0.2) is 5.97 Å². The van der Waals surface area contributed by atoms with Gasteiger partial charge in [-0.25, -0.2) is 4.79 Å². The standard InChI is InChI=1S/C15H11NO2/c17-15-13(10-11-6-2-1-3-7-11)16-12-8-4-5-9-14(12)18-15/h1-10,16H/b13-10-. The summed E-state index contributed by atoms with van der Waals surface area (Å²) in [6.07, 6.45) is 1.78. The monoisotopic (exact) mass is 237 g/mol. The van der Waals surface area contributed by atoms with Crippen LogP contribution >= 0.6 is 0 Å². The highest BCUT2D eigenvalue weighted by Gasteiger charge is 2.21. The highest BCUT2D eigenvalue weighted by Crippen LogP contribution is 2.30. The minimum atomic E-state index is -0.363. The maximum atomic E-state index is 11.8. The van der Waals surface area contributed by atoms with Crippen LogP contribution in [0.1, 0.15) is 5.56 Å². The van der Waals surface area contributed by atoms with Gasteiger partial charge in [0, 0.05) is 0 Å². The lowest BCUT2D eigenvalue weighted by molar-refractivity contribution is -0.130. The Morgan fingerprint density at radius 1 is 0.944 bits per heavy atom. The fourth-order valence-corrected chi connectivity index (χ4v) is 1.82. The molecule has 0 aliphatic carbocycles. The van der Waals surface area contributed by atoms with E-state index >= 15 is 0 Å². The van der Waals surface area contributed by atoms with Gasteiger partial charge >= 0.3 is 5.97 Å². The smallest absolute Gasteiger partial charge is 0.360 e. The predicted octanol–water partition coefficient (Wildman–Crippen LogP) is 3.06. The van der Waals surface area contributed by atoms with E-state index in [1.165, 1.54) is 0 Å². The maximum absolute atomic E-state index is 11.8. The summed E-state index contributed by atoms with van der Waals surface area (Å²) in [6.45, 7) is 0. The van der Waals surface area contributed by atoms with Crippen LogP contribution in [0.2, 0.25) is 0 Å². The fourth-order valence-electron chi connectivity index (χ4n) is 1.82. The Hall–Kier alpha value is -2.55. The maximum Gasteiger partial charge on any atom is 0.360 e. The van der Waals surface area contributed by atoms with Crippen molar-refractivity contribution in [1.29, 1.82) is 0 Å². The van der Waals surface area contributed by atoms with Gasteiger partial charge in [0.25, 0.3) is 0 Å². The average molecular weight is 237 g/mol. The number of benzene rings is 2. The molecule has 0 aromatic heterocycles. The molecule has 1 heterocycles. The summed E-state index contributed by atoms with van der Waals surface area (Å²) in [5.74, 6) is 0.199. The summed E-state index contributed by atoms with van der Waals surface area (Å²) in [5, 5.41) is 3.08. The van der Waals surface area contributed by atoms with Crippen molar-refractivity contribution in [3.63, 3.8) is 0 Å². The minimum Gasteiger partial charge on any atom is -0.420 e. The predicted molar refractivity (Wildman–Crippen MR) is 70.1 cm³/mol. The lowest BCUT2D eigenvalue weighted by atomic mass is 10.1. The summed E-state index contributed by atoms with van der Waals surface area (Å²) in [6, 6.07) is 17.0. The molecular formula is C15H11NO2. The average Bonchev–Trinajstić information content (AvgIpc) is 2.41. The van der Waals surface area contributed by atoms with Gasteiger partial charge in [0.15, 0.2) is 5.75 Å². The number of para-hydroxylation sites is 2. The molecule has 0 saturated carbocycles. The first-order chi connectivity index (χ1) is 8.83. The highest BCUT2D eigenvalue weighted by molar-refractivity contribution is 6.01. The molecule has 1 aliphatic heterocycles. The van der Waals surface area contributed by atoms with Crippen LogP contribution in [0.4, 0.5) is 5.69 Å². The third kappa shape index (κ3) is 1.98. The number of carbonyl (C=O) groups is 1. The Morgan fingerprint density at radius 3 is 2.50 bits per heavy atom. The molecule has 0 atom stereocenters. The number of fused-ring (bicyclic) bond motifs is 1. The van der Waals surface area contributed by atoms with Gasteiger partial charge < -0.3 is 10.1 Å². The number of nitrogens with one attached hydrogen (secondary N) is 1. The van der Waals surface area contributed by atoms with E-state index in [0.29, 0.717) is 11.4 Å². The van der Waals surface area contributed by atoms with Crippen molar-refractivity contribution < 1.29 is 9.53 Å². The number of ether oxygens (including phenoxy) is 1. The number of anilines is 1. The lowest BCUT2D eigenvalue weighted by Crippen LogP contribution is -2.22. The fraction of sp³-hybridized carbons (Fsp3) is 0. The van der Waals surface area contributed by atoms with Crippen molar-refractivity contribution in [2.24, 2.45) is 0 Å².